The number of rotatable bonds is 9. The van der Waals surface area contributed by atoms with E-state index in [4.69, 9.17) is 14.6 Å². The van der Waals surface area contributed by atoms with Crippen LogP contribution in [0.1, 0.15) is 19.8 Å². The Hall–Kier alpha value is -1.34. The van der Waals surface area contributed by atoms with E-state index in [0.29, 0.717) is 6.61 Å². The Morgan fingerprint density at radius 1 is 1.33 bits per heavy atom. The molecule has 0 aromatic rings. The predicted octanol–water partition coefficient (Wildman–Crippen LogP) is 0.200. The minimum absolute atomic E-state index is 0.0779. The van der Waals surface area contributed by atoms with Gasteiger partial charge in [-0.3, -0.25) is 0 Å². The van der Waals surface area contributed by atoms with E-state index in [9.17, 15) is 9.59 Å². The van der Waals surface area contributed by atoms with Crippen LogP contribution in [0.25, 0.3) is 0 Å². The summed E-state index contributed by atoms with van der Waals surface area (Å²) >= 11 is 0. The van der Waals surface area contributed by atoms with Crippen LogP contribution >= 0.6 is 0 Å². The monoisotopic (exact) mass is 262 g/mol. The van der Waals surface area contributed by atoms with E-state index in [-0.39, 0.29) is 12.6 Å². The van der Waals surface area contributed by atoms with Crippen LogP contribution < -0.4 is 10.6 Å². The van der Waals surface area contributed by atoms with E-state index in [1.165, 1.54) is 7.11 Å². The van der Waals surface area contributed by atoms with Crippen LogP contribution in [0.5, 0.6) is 0 Å². The minimum Gasteiger partial charge on any atom is -0.479 e. The summed E-state index contributed by atoms with van der Waals surface area (Å²) in [6.07, 6.45) is 0.681. The molecule has 3 N–H and O–H groups in total. The lowest BCUT2D eigenvalue weighted by molar-refractivity contribution is -0.147. The second kappa shape index (κ2) is 9.67. The summed E-state index contributed by atoms with van der Waals surface area (Å²) in [6, 6.07) is -0.500. The third-order valence-electron chi connectivity index (χ3n) is 2.35. The van der Waals surface area contributed by atoms with Crippen LogP contribution in [0.2, 0.25) is 0 Å². The van der Waals surface area contributed by atoms with Crippen LogP contribution in [-0.2, 0) is 14.3 Å². The van der Waals surface area contributed by atoms with Crippen molar-refractivity contribution in [2.45, 2.75) is 31.9 Å². The number of urea groups is 1. The number of ether oxygens (including phenoxy) is 2. The van der Waals surface area contributed by atoms with Gasteiger partial charge < -0.3 is 25.2 Å². The van der Waals surface area contributed by atoms with Crippen LogP contribution in [0.4, 0.5) is 4.79 Å². The maximum atomic E-state index is 11.5. The second-order valence-electron chi connectivity index (χ2n) is 3.86. The number of hydrogen-bond donors (Lipinski definition) is 3. The molecular weight excluding hydrogens is 240 g/mol. The first kappa shape index (κ1) is 16.7. The molecule has 7 nitrogen and oxygen atoms in total. The predicted molar refractivity (Wildman–Crippen MR) is 65.5 cm³/mol. The van der Waals surface area contributed by atoms with Crippen LogP contribution in [0, 0.1) is 0 Å². The number of amides is 2. The number of hydrogen-bond acceptors (Lipinski definition) is 4. The molecule has 2 unspecified atom stereocenters. The summed E-state index contributed by atoms with van der Waals surface area (Å²) in [7, 11) is 2.84. The molecule has 0 heterocycles. The Bertz CT molecular complexity index is 254. The van der Waals surface area contributed by atoms with Gasteiger partial charge >= 0.3 is 12.0 Å². The van der Waals surface area contributed by atoms with Gasteiger partial charge in [-0.05, 0) is 6.42 Å². The summed E-state index contributed by atoms with van der Waals surface area (Å²) in [5.41, 5.74) is 0. The molecule has 2 atom stereocenters. The zero-order valence-electron chi connectivity index (χ0n) is 11.1. The highest BCUT2D eigenvalue weighted by Crippen LogP contribution is 1.97. The second-order valence-corrected chi connectivity index (χ2v) is 3.86. The Morgan fingerprint density at radius 3 is 2.44 bits per heavy atom. The lowest BCUT2D eigenvalue weighted by Gasteiger charge is -2.18. The van der Waals surface area contributed by atoms with Crippen molar-refractivity contribution in [1.82, 2.24) is 10.6 Å². The molecule has 0 fully saturated rings. The molecule has 18 heavy (non-hydrogen) atoms. The largest absolute Gasteiger partial charge is 0.479 e. The number of carboxylic acid groups (broad SMARTS) is 1. The molecule has 0 saturated carbocycles. The highest BCUT2D eigenvalue weighted by atomic mass is 16.5. The fraction of sp³-hybridized carbons (Fsp3) is 0.818. The number of methoxy groups -OCH3 is 2. The SMILES string of the molecule is CCCC(COC)NC(=O)NCC(OC)C(=O)O. The summed E-state index contributed by atoms with van der Waals surface area (Å²) in [5, 5.41) is 13.9. The van der Waals surface area contributed by atoms with E-state index in [2.05, 4.69) is 10.6 Å². The average molecular weight is 262 g/mol. The Balaban J connectivity index is 4.03. The number of aliphatic carboxylic acids is 1. The van der Waals surface area contributed by atoms with Gasteiger partial charge in [-0.1, -0.05) is 13.3 Å². The smallest absolute Gasteiger partial charge is 0.334 e. The quantitative estimate of drug-likeness (QED) is 0.551. The zero-order chi connectivity index (χ0) is 14.0. The van der Waals surface area contributed by atoms with E-state index in [0.717, 1.165) is 12.8 Å². The topological polar surface area (TPSA) is 96.9 Å². The molecule has 7 heteroatoms. The molecule has 2 amide bonds. The van der Waals surface area contributed by atoms with Crippen LogP contribution in [0.3, 0.4) is 0 Å². The molecule has 0 aromatic carbocycles. The molecule has 0 rings (SSSR count). The molecule has 0 radical (unpaired) electrons. The van der Waals surface area contributed by atoms with Gasteiger partial charge in [0.2, 0.25) is 0 Å². The van der Waals surface area contributed by atoms with Crippen molar-refractivity contribution >= 4 is 12.0 Å². The first-order valence-electron chi connectivity index (χ1n) is 5.84. The summed E-state index contributed by atoms with van der Waals surface area (Å²) < 4.78 is 9.68. The summed E-state index contributed by atoms with van der Waals surface area (Å²) in [4.78, 5) is 22.2. The Kier molecular flexibility index (Phi) is 8.95. The average Bonchev–Trinajstić information content (AvgIpc) is 2.30. The van der Waals surface area contributed by atoms with Crippen LogP contribution in [-0.4, -0.2) is 56.6 Å². The van der Waals surface area contributed by atoms with Crippen LogP contribution in [0.15, 0.2) is 0 Å². The van der Waals surface area contributed by atoms with Gasteiger partial charge in [0.15, 0.2) is 6.10 Å². The Morgan fingerprint density at radius 2 is 2.00 bits per heavy atom. The first-order chi connectivity index (χ1) is 8.54. The van der Waals surface area contributed by atoms with Crippen molar-refractivity contribution in [3.8, 4) is 0 Å². The van der Waals surface area contributed by atoms with Gasteiger partial charge in [-0.2, -0.15) is 0 Å². The van der Waals surface area contributed by atoms with Gasteiger partial charge in [0.25, 0.3) is 0 Å². The number of carbonyl (C=O) groups is 2. The fourth-order valence-corrected chi connectivity index (χ4v) is 1.44. The van der Waals surface area contributed by atoms with E-state index >= 15 is 0 Å². The van der Waals surface area contributed by atoms with Crippen molar-refractivity contribution in [1.29, 1.82) is 0 Å². The van der Waals surface area contributed by atoms with Gasteiger partial charge in [0.05, 0.1) is 19.2 Å². The third-order valence-corrected chi connectivity index (χ3v) is 2.35. The summed E-state index contributed by atoms with van der Waals surface area (Å²) in [6.45, 7) is 2.35. The van der Waals surface area contributed by atoms with Crippen molar-refractivity contribution in [2.24, 2.45) is 0 Å². The molecule has 0 aliphatic rings. The van der Waals surface area contributed by atoms with Crippen molar-refractivity contribution in [2.75, 3.05) is 27.4 Å². The number of carboxylic acids is 1. The van der Waals surface area contributed by atoms with Crippen molar-refractivity contribution < 1.29 is 24.2 Å². The lowest BCUT2D eigenvalue weighted by Crippen LogP contribution is -2.47. The highest BCUT2D eigenvalue weighted by Gasteiger charge is 2.18. The standard InChI is InChI=1S/C11H22N2O5/c1-4-5-8(7-17-2)13-11(16)12-6-9(18-3)10(14)15/h8-9H,4-7H2,1-3H3,(H,14,15)(H2,12,13,16). The molecule has 0 spiro atoms. The molecular formula is C11H22N2O5. The molecule has 0 aliphatic carbocycles. The number of carbonyl (C=O) groups excluding carboxylic acids is 1. The highest BCUT2D eigenvalue weighted by molar-refractivity contribution is 5.77. The van der Waals surface area contributed by atoms with Crippen molar-refractivity contribution in [3.05, 3.63) is 0 Å². The molecule has 106 valence electrons. The van der Waals surface area contributed by atoms with Gasteiger partial charge in [-0.25, -0.2) is 9.59 Å². The summed E-state index contributed by atoms with van der Waals surface area (Å²) in [5.74, 6) is -1.11. The van der Waals surface area contributed by atoms with E-state index < -0.39 is 18.1 Å². The Labute approximate surface area is 107 Å². The fourth-order valence-electron chi connectivity index (χ4n) is 1.44. The van der Waals surface area contributed by atoms with Gasteiger partial charge in [0, 0.05) is 14.2 Å². The minimum atomic E-state index is -1.11. The normalized spacial score (nSPS) is 13.7. The molecule has 0 saturated heterocycles. The first-order valence-corrected chi connectivity index (χ1v) is 5.84. The third kappa shape index (κ3) is 7.08. The molecule has 0 bridgehead atoms. The van der Waals surface area contributed by atoms with E-state index in [1.807, 2.05) is 6.92 Å². The van der Waals surface area contributed by atoms with E-state index in [1.54, 1.807) is 7.11 Å². The van der Waals surface area contributed by atoms with Gasteiger partial charge in [-0.15, -0.1) is 0 Å². The van der Waals surface area contributed by atoms with Gasteiger partial charge in [0.1, 0.15) is 0 Å². The van der Waals surface area contributed by atoms with Crippen molar-refractivity contribution in [3.63, 3.8) is 0 Å². The zero-order valence-corrected chi connectivity index (χ0v) is 11.1. The maximum Gasteiger partial charge on any atom is 0.334 e. The molecule has 0 aliphatic heterocycles. The number of nitrogens with one attached hydrogen (secondary N) is 2. The lowest BCUT2D eigenvalue weighted by atomic mass is 10.2. The molecule has 0 aromatic heterocycles. The maximum absolute atomic E-state index is 11.5.